The van der Waals surface area contributed by atoms with Crippen LogP contribution in [0.15, 0.2) is 58.5 Å². The van der Waals surface area contributed by atoms with E-state index in [9.17, 15) is 9.59 Å². The molecule has 1 aromatic heterocycles. The van der Waals surface area contributed by atoms with Gasteiger partial charge in [-0.25, -0.2) is 9.78 Å². The zero-order chi connectivity index (χ0) is 21.3. The summed E-state index contributed by atoms with van der Waals surface area (Å²) in [6.07, 6.45) is -0.678. The SMILES string of the molecule is CC(=O)[C@@H](NC(=O)OCC1c2ccccc2-c2ccccc21)[C@H](N)c1nc(Br)cs1. The van der Waals surface area contributed by atoms with Gasteiger partial charge in [0.25, 0.3) is 0 Å². The zero-order valence-corrected chi connectivity index (χ0v) is 18.6. The summed E-state index contributed by atoms with van der Waals surface area (Å²) in [7, 11) is 0. The topological polar surface area (TPSA) is 94.3 Å². The van der Waals surface area contributed by atoms with Crippen molar-refractivity contribution in [2.24, 2.45) is 5.73 Å². The molecule has 154 valence electrons. The second-order valence-electron chi connectivity index (χ2n) is 7.09. The third-order valence-corrected chi connectivity index (χ3v) is 6.85. The van der Waals surface area contributed by atoms with E-state index in [1.165, 1.54) is 18.3 Å². The van der Waals surface area contributed by atoms with E-state index in [1.54, 1.807) is 5.38 Å². The lowest BCUT2D eigenvalue weighted by Crippen LogP contribution is -2.47. The molecule has 1 amide bonds. The summed E-state index contributed by atoms with van der Waals surface area (Å²) in [4.78, 5) is 28.9. The van der Waals surface area contributed by atoms with Gasteiger partial charge in [-0.05, 0) is 45.1 Å². The summed E-state index contributed by atoms with van der Waals surface area (Å²) in [6.45, 7) is 1.56. The molecule has 0 radical (unpaired) electrons. The molecule has 30 heavy (non-hydrogen) atoms. The van der Waals surface area contributed by atoms with Crippen molar-refractivity contribution in [1.82, 2.24) is 10.3 Å². The first-order chi connectivity index (χ1) is 14.5. The summed E-state index contributed by atoms with van der Waals surface area (Å²) in [5, 5.41) is 4.95. The van der Waals surface area contributed by atoms with E-state index in [1.807, 2.05) is 24.3 Å². The summed E-state index contributed by atoms with van der Waals surface area (Å²) < 4.78 is 6.17. The number of aromatic nitrogens is 1. The van der Waals surface area contributed by atoms with Gasteiger partial charge >= 0.3 is 6.09 Å². The minimum atomic E-state index is -0.918. The molecule has 1 aliphatic rings. The molecule has 0 bridgehead atoms. The van der Waals surface area contributed by atoms with Crippen molar-refractivity contribution in [2.45, 2.75) is 24.9 Å². The molecule has 0 unspecified atom stereocenters. The number of nitrogens with two attached hydrogens (primary N) is 1. The van der Waals surface area contributed by atoms with Gasteiger partial charge in [-0.1, -0.05) is 48.5 Å². The van der Waals surface area contributed by atoms with Crippen LogP contribution in [0.2, 0.25) is 0 Å². The quantitative estimate of drug-likeness (QED) is 0.539. The predicted molar refractivity (Wildman–Crippen MR) is 119 cm³/mol. The summed E-state index contributed by atoms with van der Waals surface area (Å²) >= 11 is 4.59. The minimum absolute atomic E-state index is 0.0532. The van der Waals surface area contributed by atoms with Crippen LogP contribution < -0.4 is 11.1 Å². The maximum absolute atomic E-state index is 12.5. The fraction of sp³-hybridized carbons (Fsp3) is 0.227. The van der Waals surface area contributed by atoms with E-state index < -0.39 is 18.2 Å². The molecule has 0 aliphatic heterocycles. The smallest absolute Gasteiger partial charge is 0.407 e. The van der Waals surface area contributed by atoms with Crippen molar-refractivity contribution >= 4 is 39.1 Å². The Balaban J connectivity index is 1.46. The molecule has 0 saturated heterocycles. The molecule has 3 aromatic rings. The van der Waals surface area contributed by atoms with Crippen LogP contribution in [0, 0.1) is 0 Å². The van der Waals surface area contributed by atoms with E-state index in [4.69, 9.17) is 10.5 Å². The number of fused-ring (bicyclic) bond motifs is 3. The molecule has 0 saturated carbocycles. The maximum atomic E-state index is 12.5. The van der Waals surface area contributed by atoms with Gasteiger partial charge in [0.2, 0.25) is 0 Å². The van der Waals surface area contributed by atoms with Gasteiger partial charge in [0, 0.05) is 11.3 Å². The van der Waals surface area contributed by atoms with Gasteiger partial charge < -0.3 is 15.8 Å². The molecule has 1 heterocycles. The summed E-state index contributed by atoms with van der Waals surface area (Å²) in [6, 6.07) is 14.5. The number of hydrogen-bond donors (Lipinski definition) is 2. The van der Waals surface area contributed by atoms with Crippen molar-refractivity contribution in [3.05, 3.63) is 74.6 Å². The molecular formula is C22H20BrN3O3S. The van der Waals surface area contributed by atoms with Gasteiger partial charge in [-0.3, -0.25) is 4.79 Å². The van der Waals surface area contributed by atoms with Crippen LogP contribution in [0.25, 0.3) is 11.1 Å². The van der Waals surface area contributed by atoms with Crippen LogP contribution in [0.1, 0.15) is 35.0 Å². The summed E-state index contributed by atoms with van der Waals surface area (Å²) in [5.74, 6) is -0.315. The number of rotatable bonds is 6. The highest BCUT2D eigenvalue weighted by Gasteiger charge is 2.31. The number of carbonyl (C=O) groups is 2. The Labute approximate surface area is 186 Å². The Bertz CT molecular complexity index is 1050. The highest BCUT2D eigenvalue weighted by molar-refractivity contribution is 9.10. The monoisotopic (exact) mass is 485 g/mol. The van der Waals surface area contributed by atoms with Gasteiger partial charge in [0.15, 0.2) is 5.78 Å². The molecule has 8 heteroatoms. The number of carbonyl (C=O) groups excluding carboxylic acids is 2. The van der Waals surface area contributed by atoms with E-state index in [0.717, 1.165) is 22.3 Å². The standard InChI is InChI=1S/C22H20BrN3O3S/c1-12(27)20(19(24)21-25-18(23)11-30-21)26-22(28)29-10-17-15-8-4-2-6-13(15)14-7-3-5-9-16(14)17/h2-9,11,17,19-20H,10,24H2,1H3,(H,26,28)/t19-,20+/m0/s1. The molecule has 0 spiro atoms. The maximum Gasteiger partial charge on any atom is 0.407 e. The first-order valence-electron chi connectivity index (χ1n) is 9.44. The second-order valence-corrected chi connectivity index (χ2v) is 8.79. The Morgan fingerprint density at radius 3 is 2.30 bits per heavy atom. The summed E-state index contributed by atoms with van der Waals surface area (Å²) in [5.41, 5.74) is 10.7. The van der Waals surface area contributed by atoms with E-state index >= 15 is 0 Å². The van der Waals surface area contributed by atoms with Crippen LogP contribution in [0.5, 0.6) is 0 Å². The molecule has 6 nitrogen and oxygen atoms in total. The van der Waals surface area contributed by atoms with E-state index in [0.29, 0.717) is 9.61 Å². The Morgan fingerprint density at radius 1 is 1.17 bits per heavy atom. The number of alkyl carbamates (subject to hydrolysis) is 1. The third-order valence-electron chi connectivity index (χ3n) is 5.19. The second kappa shape index (κ2) is 8.67. The van der Waals surface area contributed by atoms with Crippen molar-refractivity contribution in [3.63, 3.8) is 0 Å². The Morgan fingerprint density at radius 2 is 1.77 bits per heavy atom. The lowest BCUT2D eigenvalue weighted by Gasteiger charge is -2.21. The van der Waals surface area contributed by atoms with Crippen LogP contribution in [-0.2, 0) is 9.53 Å². The normalized spacial score (nSPS) is 14.5. The Kier molecular flexibility index (Phi) is 5.99. The van der Waals surface area contributed by atoms with E-state index in [2.05, 4.69) is 50.5 Å². The zero-order valence-electron chi connectivity index (χ0n) is 16.2. The minimum Gasteiger partial charge on any atom is -0.449 e. The number of benzene rings is 2. The number of nitrogens with zero attached hydrogens (tertiary/aromatic N) is 1. The van der Waals surface area contributed by atoms with Crippen molar-refractivity contribution in [2.75, 3.05) is 6.61 Å². The van der Waals surface area contributed by atoms with Gasteiger partial charge in [0.05, 0.1) is 6.04 Å². The highest BCUT2D eigenvalue weighted by Crippen LogP contribution is 2.44. The number of nitrogens with one attached hydrogen (secondary N) is 1. The van der Waals surface area contributed by atoms with Crippen LogP contribution in [-0.4, -0.2) is 29.5 Å². The number of hydrogen-bond acceptors (Lipinski definition) is 6. The van der Waals surface area contributed by atoms with Crippen LogP contribution in [0.3, 0.4) is 0 Å². The predicted octanol–water partition coefficient (Wildman–Crippen LogP) is 4.40. The number of amides is 1. The lowest BCUT2D eigenvalue weighted by atomic mass is 9.98. The number of ketones is 1. The molecule has 0 fully saturated rings. The molecule has 4 rings (SSSR count). The van der Waals surface area contributed by atoms with Crippen molar-refractivity contribution < 1.29 is 14.3 Å². The number of halogens is 1. The largest absolute Gasteiger partial charge is 0.449 e. The number of ether oxygens (including phenoxy) is 1. The van der Waals surface area contributed by atoms with Gasteiger partial charge in [-0.15, -0.1) is 11.3 Å². The van der Waals surface area contributed by atoms with E-state index in [-0.39, 0.29) is 18.3 Å². The molecule has 3 N–H and O–H groups in total. The van der Waals surface area contributed by atoms with Crippen LogP contribution in [0.4, 0.5) is 4.79 Å². The number of Topliss-reactive ketones (excluding diaryl/α,β-unsaturated/α-hetero) is 1. The van der Waals surface area contributed by atoms with Crippen LogP contribution >= 0.6 is 27.3 Å². The molecule has 1 aliphatic carbocycles. The first kappa shape index (κ1) is 20.7. The third kappa shape index (κ3) is 4.03. The lowest BCUT2D eigenvalue weighted by molar-refractivity contribution is -0.119. The highest BCUT2D eigenvalue weighted by atomic mass is 79.9. The van der Waals surface area contributed by atoms with Gasteiger partial charge in [-0.2, -0.15) is 0 Å². The fourth-order valence-electron chi connectivity index (χ4n) is 3.77. The van der Waals surface area contributed by atoms with Crippen molar-refractivity contribution in [1.29, 1.82) is 0 Å². The first-order valence-corrected chi connectivity index (χ1v) is 11.1. The molecular weight excluding hydrogens is 466 g/mol. The number of thiazole rings is 1. The van der Waals surface area contributed by atoms with Crippen molar-refractivity contribution in [3.8, 4) is 11.1 Å². The average molecular weight is 486 g/mol. The molecule has 2 aromatic carbocycles. The van der Waals surface area contributed by atoms with Gasteiger partial charge in [0.1, 0.15) is 22.3 Å². The average Bonchev–Trinajstić information content (AvgIpc) is 3.31. The Hall–Kier alpha value is -2.55. The fourth-order valence-corrected chi connectivity index (χ4v) is 5.08. The molecule has 2 atom stereocenters.